The van der Waals surface area contributed by atoms with E-state index < -0.39 is 0 Å². The normalized spacial score (nSPS) is 11.8. The summed E-state index contributed by atoms with van der Waals surface area (Å²) in [4.78, 5) is 15.2. The van der Waals surface area contributed by atoms with Gasteiger partial charge in [0.15, 0.2) is 11.6 Å². The lowest BCUT2D eigenvalue weighted by atomic mass is 9.91. The Morgan fingerprint density at radius 3 is 1.56 bits per heavy atom. The lowest BCUT2D eigenvalue weighted by Gasteiger charge is -2.12. The van der Waals surface area contributed by atoms with Gasteiger partial charge in [-0.15, -0.1) is 0 Å². The van der Waals surface area contributed by atoms with Crippen molar-refractivity contribution in [2.75, 3.05) is 0 Å². The smallest absolute Gasteiger partial charge is 0.163 e. The first-order valence-corrected chi connectivity index (χ1v) is 18.3. The maximum atomic E-state index is 6.60. The molecule has 252 valence electrons. The van der Waals surface area contributed by atoms with Gasteiger partial charge in [0.05, 0.1) is 0 Å². The average Bonchev–Trinajstić information content (AvgIpc) is 3.79. The quantitative estimate of drug-likeness (QED) is 0.174. The number of rotatable bonds is 6. The SMILES string of the molecule is c1ccc(-c2ccc(-c3nc(Cc4cccc5oc6cccc(-c7ccc8c9c(cccc79)-c7ccccc7-8)c6c45)nc(-c4ccccc4)n3)cc2)cc1. The molecule has 2 aromatic heterocycles. The summed E-state index contributed by atoms with van der Waals surface area (Å²) in [5.74, 6) is 2.01. The Hall–Kier alpha value is -7.17. The van der Waals surface area contributed by atoms with Crippen LogP contribution in [0, 0.1) is 0 Å². The highest BCUT2D eigenvalue weighted by molar-refractivity contribution is 6.22. The summed E-state index contributed by atoms with van der Waals surface area (Å²) in [6.07, 6.45) is 0.511. The van der Waals surface area contributed by atoms with Crippen molar-refractivity contribution in [1.29, 1.82) is 0 Å². The molecule has 0 spiro atoms. The second kappa shape index (κ2) is 12.2. The van der Waals surface area contributed by atoms with Crippen LogP contribution in [0.1, 0.15) is 11.4 Å². The van der Waals surface area contributed by atoms with Crippen molar-refractivity contribution in [1.82, 2.24) is 15.0 Å². The van der Waals surface area contributed by atoms with Crippen molar-refractivity contribution in [3.8, 4) is 67.3 Å². The fourth-order valence-corrected chi connectivity index (χ4v) is 8.31. The van der Waals surface area contributed by atoms with E-state index in [1.54, 1.807) is 0 Å². The molecule has 0 radical (unpaired) electrons. The van der Waals surface area contributed by atoms with Gasteiger partial charge in [0.2, 0.25) is 0 Å². The van der Waals surface area contributed by atoms with Crippen molar-refractivity contribution < 1.29 is 4.42 Å². The predicted octanol–water partition coefficient (Wildman–Crippen LogP) is 12.8. The van der Waals surface area contributed by atoms with Gasteiger partial charge in [0.1, 0.15) is 17.0 Å². The first-order chi connectivity index (χ1) is 26.8. The van der Waals surface area contributed by atoms with Gasteiger partial charge in [-0.3, -0.25) is 0 Å². The Morgan fingerprint density at radius 1 is 0.333 bits per heavy atom. The molecular weight excluding hydrogens is 659 g/mol. The van der Waals surface area contributed by atoms with Crippen LogP contribution in [0.25, 0.3) is 100.0 Å². The third-order valence-electron chi connectivity index (χ3n) is 10.8. The molecule has 0 unspecified atom stereocenters. The number of hydrogen-bond donors (Lipinski definition) is 0. The zero-order valence-electron chi connectivity index (χ0n) is 29.2. The average molecular weight is 690 g/mol. The van der Waals surface area contributed by atoms with Crippen LogP contribution in [0.3, 0.4) is 0 Å². The maximum absolute atomic E-state index is 6.60. The van der Waals surface area contributed by atoms with Crippen LogP contribution >= 0.6 is 0 Å². The van der Waals surface area contributed by atoms with Gasteiger partial charge in [0.25, 0.3) is 0 Å². The van der Waals surface area contributed by atoms with Gasteiger partial charge in [-0.05, 0) is 73.0 Å². The molecule has 4 nitrogen and oxygen atoms in total. The van der Waals surface area contributed by atoms with E-state index in [4.69, 9.17) is 19.4 Å². The molecule has 10 aromatic rings. The fraction of sp³-hybridized carbons (Fsp3) is 0.0200. The first kappa shape index (κ1) is 30.5. The van der Waals surface area contributed by atoms with Crippen LogP contribution in [0.5, 0.6) is 0 Å². The summed E-state index contributed by atoms with van der Waals surface area (Å²) in [5.41, 5.74) is 14.5. The third kappa shape index (κ3) is 4.88. The molecule has 4 heteroatoms. The van der Waals surface area contributed by atoms with Gasteiger partial charge in [0, 0.05) is 28.3 Å². The van der Waals surface area contributed by atoms with E-state index in [0.29, 0.717) is 23.9 Å². The molecule has 0 fully saturated rings. The van der Waals surface area contributed by atoms with Crippen molar-refractivity contribution >= 4 is 32.7 Å². The minimum atomic E-state index is 0.511. The topological polar surface area (TPSA) is 51.8 Å². The van der Waals surface area contributed by atoms with Gasteiger partial charge in [-0.1, -0.05) is 164 Å². The van der Waals surface area contributed by atoms with Crippen LogP contribution in [0.2, 0.25) is 0 Å². The standard InChI is InChI=1S/C50H31N3O/c1-3-12-31(13-4-1)32-24-26-34(27-25-32)50-52-45(51-49(53-50)33-14-5-2-6-15-33)30-35-16-9-22-43-46(35)48-41(21-11-23-44(48)54-43)38-28-29-42-37-18-8-7-17-36(37)39-19-10-20-40(38)47(39)42/h1-29H,30H2. The molecule has 11 rings (SSSR count). The molecule has 8 aromatic carbocycles. The molecule has 0 N–H and O–H groups in total. The van der Waals surface area contributed by atoms with Gasteiger partial charge < -0.3 is 4.42 Å². The Balaban J connectivity index is 1.06. The molecule has 1 aliphatic carbocycles. The van der Waals surface area contributed by atoms with E-state index in [0.717, 1.165) is 49.8 Å². The molecule has 0 saturated heterocycles. The molecule has 0 aliphatic heterocycles. The van der Waals surface area contributed by atoms with Gasteiger partial charge >= 0.3 is 0 Å². The number of hydrogen-bond acceptors (Lipinski definition) is 4. The molecule has 1 aliphatic rings. The minimum Gasteiger partial charge on any atom is -0.456 e. The van der Waals surface area contributed by atoms with E-state index in [1.807, 2.05) is 24.3 Å². The molecule has 0 bridgehead atoms. The van der Waals surface area contributed by atoms with E-state index in [2.05, 4.69) is 152 Å². The lowest BCUT2D eigenvalue weighted by Crippen LogP contribution is -2.04. The zero-order chi connectivity index (χ0) is 35.6. The largest absolute Gasteiger partial charge is 0.456 e. The van der Waals surface area contributed by atoms with Crippen molar-refractivity contribution in [2.24, 2.45) is 0 Å². The summed E-state index contributed by atoms with van der Waals surface area (Å²) in [5, 5.41) is 4.75. The van der Waals surface area contributed by atoms with Crippen LogP contribution in [0.4, 0.5) is 0 Å². The second-order valence-corrected chi connectivity index (χ2v) is 13.9. The molecular formula is C50H31N3O. The van der Waals surface area contributed by atoms with Crippen molar-refractivity contribution in [3.05, 3.63) is 187 Å². The number of benzene rings is 8. The van der Waals surface area contributed by atoms with Crippen LogP contribution in [-0.2, 0) is 6.42 Å². The molecule has 0 amide bonds. The number of furan rings is 1. The zero-order valence-corrected chi connectivity index (χ0v) is 29.2. The lowest BCUT2D eigenvalue weighted by molar-refractivity contribution is 0.669. The first-order valence-electron chi connectivity index (χ1n) is 18.3. The highest BCUT2D eigenvalue weighted by Crippen LogP contribution is 2.50. The van der Waals surface area contributed by atoms with E-state index in [-0.39, 0.29) is 0 Å². The Kier molecular flexibility index (Phi) is 6.89. The van der Waals surface area contributed by atoms with Crippen LogP contribution in [-0.4, -0.2) is 15.0 Å². The summed E-state index contributed by atoms with van der Waals surface area (Å²) < 4.78 is 6.60. The maximum Gasteiger partial charge on any atom is 0.163 e. The van der Waals surface area contributed by atoms with Crippen LogP contribution < -0.4 is 0 Å². The Bertz CT molecular complexity index is 3030. The summed E-state index contributed by atoms with van der Waals surface area (Å²) in [7, 11) is 0. The summed E-state index contributed by atoms with van der Waals surface area (Å²) >= 11 is 0. The second-order valence-electron chi connectivity index (χ2n) is 13.9. The van der Waals surface area contributed by atoms with E-state index in [9.17, 15) is 0 Å². The highest BCUT2D eigenvalue weighted by Gasteiger charge is 2.24. The third-order valence-corrected chi connectivity index (χ3v) is 10.8. The molecule has 0 atom stereocenters. The molecule has 54 heavy (non-hydrogen) atoms. The highest BCUT2D eigenvalue weighted by atomic mass is 16.3. The van der Waals surface area contributed by atoms with Gasteiger partial charge in [-0.2, -0.15) is 0 Å². The predicted molar refractivity (Wildman–Crippen MR) is 220 cm³/mol. The number of fused-ring (bicyclic) bond motifs is 6. The monoisotopic (exact) mass is 689 g/mol. The van der Waals surface area contributed by atoms with Gasteiger partial charge in [-0.25, -0.2) is 15.0 Å². The minimum absolute atomic E-state index is 0.511. The molecule has 2 heterocycles. The summed E-state index contributed by atoms with van der Waals surface area (Å²) in [6.45, 7) is 0. The summed E-state index contributed by atoms with van der Waals surface area (Å²) in [6, 6.07) is 61.7. The van der Waals surface area contributed by atoms with Crippen LogP contribution in [0.15, 0.2) is 180 Å². The van der Waals surface area contributed by atoms with Crippen molar-refractivity contribution in [2.45, 2.75) is 6.42 Å². The Morgan fingerprint density at radius 2 is 0.833 bits per heavy atom. The molecule has 0 saturated carbocycles. The van der Waals surface area contributed by atoms with E-state index >= 15 is 0 Å². The number of nitrogens with zero attached hydrogens (tertiary/aromatic N) is 3. The fourth-order valence-electron chi connectivity index (χ4n) is 8.31. The Labute approximate surface area is 312 Å². The van der Waals surface area contributed by atoms with Crippen molar-refractivity contribution in [3.63, 3.8) is 0 Å². The number of aromatic nitrogens is 3. The van der Waals surface area contributed by atoms with E-state index in [1.165, 1.54) is 44.2 Å².